The van der Waals surface area contributed by atoms with Crippen LogP contribution in [0, 0.1) is 11.3 Å². The fraction of sp³-hybridized carbons (Fsp3) is 0.375. The van der Waals surface area contributed by atoms with E-state index < -0.39 is 0 Å². The summed E-state index contributed by atoms with van der Waals surface area (Å²) < 4.78 is 10.9. The molecule has 32 heavy (non-hydrogen) atoms. The summed E-state index contributed by atoms with van der Waals surface area (Å²) in [6, 6.07) is 16.4. The molecule has 0 radical (unpaired) electrons. The van der Waals surface area contributed by atoms with Crippen molar-refractivity contribution in [3.63, 3.8) is 0 Å². The highest BCUT2D eigenvalue weighted by atomic mass is 16.5. The van der Waals surface area contributed by atoms with Gasteiger partial charge in [0.25, 0.3) is 0 Å². The number of nitrogens with one attached hydrogen (secondary N) is 2. The standard InChI is InChI=1S/C24H28N4O4/c1-31-22-16-18(17-25)9-10-21(22)32-15-5-8-23(29)26-20-11-13-28(14-12-20)24(30)27-19-6-3-2-4-7-19/h2-4,6-7,9-10,16,20H,5,8,11-15H2,1H3,(H,26,29)(H,27,30). The Labute approximate surface area is 188 Å². The van der Waals surface area contributed by atoms with Crippen molar-refractivity contribution in [1.82, 2.24) is 10.2 Å². The number of amides is 3. The van der Waals surface area contributed by atoms with Crippen LogP contribution in [0.3, 0.4) is 0 Å². The fourth-order valence-corrected chi connectivity index (χ4v) is 3.52. The third-order valence-corrected chi connectivity index (χ3v) is 5.27. The van der Waals surface area contributed by atoms with Crippen LogP contribution in [0.5, 0.6) is 11.5 Å². The van der Waals surface area contributed by atoms with Gasteiger partial charge in [0.2, 0.25) is 5.91 Å². The normalized spacial score (nSPS) is 13.7. The number of benzene rings is 2. The Balaban J connectivity index is 1.33. The van der Waals surface area contributed by atoms with E-state index in [2.05, 4.69) is 16.7 Å². The zero-order valence-corrected chi connectivity index (χ0v) is 18.2. The smallest absolute Gasteiger partial charge is 0.321 e. The van der Waals surface area contributed by atoms with Crippen LogP contribution in [0.4, 0.5) is 10.5 Å². The lowest BCUT2D eigenvalue weighted by atomic mass is 10.1. The molecule has 8 heteroatoms. The minimum Gasteiger partial charge on any atom is -0.493 e. The van der Waals surface area contributed by atoms with Gasteiger partial charge >= 0.3 is 6.03 Å². The van der Waals surface area contributed by atoms with E-state index in [0.29, 0.717) is 49.6 Å². The number of anilines is 1. The highest BCUT2D eigenvalue weighted by Gasteiger charge is 2.23. The van der Waals surface area contributed by atoms with Gasteiger partial charge in [0.15, 0.2) is 11.5 Å². The maximum Gasteiger partial charge on any atom is 0.321 e. The van der Waals surface area contributed by atoms with Crippen molar-refractivity contribution < 1.29 is 19.1 Å². The lowest BCUT2D eigenvalue weighted by molar-refractivity contribution is -0.122. The predicted molar refractivity (Wildman–Crippen MR) is 121 cm³/mol. The number of ether oxygens (including phenoxy) is 2. The SMILES string of the molecule is COc1cc(C#N)ccc1OCCCC(=O)NC1CCN(C(=O)Nc2ccccc2)CC1. The quantitative estimate of drug-likeness (QED) is 0.616. The molecule has 1 heterocycles. The lowest BCUT2D eigenvalue weighted by Gasteiger charge is -2.32. The number of carbonyl (C=O) groups excluding carboxylic acids is 2. The van der Waals surface area contributed by atoms with Gasteiger partial charge in [-0.05, 0) is 43.5 Å². The van der Waals surface area contributed by atoms with Crippen molar-refractivity contribution >= 4 is 17.6 Å². The third-order valence-electron chi connectivity index (χ3n) is 5.27. The van der Waals surface area contributed by atoms with E-state index in [0.717, 1.165) is 18.5 Å². The first-order valence-electron chi connectivity index (χ1n) is 10.7. The van der Waals surface area contributed by atoms with E-state index in [1.54, 1.807) is 23.1 Å². The summed E-state index contributed by atoms with van der Waals surface area (Å²) in [6.07, 6.45) is 2.38. The summed E-state index contributed by atoms with van der Waals surface area (Å²) in [4.78, 5) is 26.4. The Morgan fingerprint density at radius 3 is 2.56 bits per heavy atom. The first-order valence-corrected chi connectivity index (χ1v) is 10.7. The number of urea groups is 1. The second-order valence-electron chi connectivity index (χ2n) is 7.55. The second-order valence-corrected chi connectivity index (χ2v) is 7.55. The molecule has 1 aliphatic rings. The van der Waals surface area contributed by atoms with Gasteiger partial charge in [-0.2, -0.15) is 5.26 Å². The largest absolute Gasteiger partial charge is 0.493 e. The maximum atomic E-state index is 12.4. The molecule has 0 atom stereocenters. The number of piperidine rings is 1. The summed E-state index contributed by atoms with van der Waals surface area (Å²) in [7, 11) is 1.52. The molecule has 0 aliphatic carbocycles. The van der Waals surface area contributed by atoms with Gasteiger partial charge in [-0.15, -0.1) is 0 Å². The number of hydrogen-bond donors (Lipinski definition) is 2. The number of rotatable bonds is 8. The summed E-state index contributed by atoms with van der Waals surface area (Å²) in [6.45, 7) is 1.57. The van der Waals surface area contributed by atoms with Gasteiger partial charge in [-0.3, -0.25) is 4.79 Å². The minimum atomic E-state index is -0.114. The van der Waals surface area contributed by atoms with Crippen LogP contribution in [0.2, 0.25) is 0 Å². The van der Waals surface area contributed by atoms with E-state index in [1.165, 1.54) is 7.11 Å². The number of hydrogen-bond acceptors (Lipinski definition) is 5. The Morgan fingerprint density at radius 1 is 1.12 bits per heavy atom. The van der Waals surface area contributed by atoms with Crippen LogP contribution in [-0.2, 0) is 4.79 Å². The Hall–Kier alpha value is -3.73. The van der Waals surface area contributed by atoms with Gasteiger partial charge in [0.1, 0.15) is 0 Å². The molecule has 2 aromatic rings. The van der Waals surface area contributed by atoms with Gasteiger partial charge < -0.3 is 25.0 Å². The molecule has 1 saturated heterocycles. The highest BCUT2D eigenvalue weighted by molar-refractivity contribution is 5.89. The molecule has 8 nitrogen and oxygen atoms in total. The van der Waals surface area contributed by atoms with Crippen molar-refractivity contribution in [1.29, 1.82) is 5.26 Å². The van der Waals surface area contributed by atoms with Gasteiger partial charge in [-0.1, -0.05) is 18.2 Å². The van der Waals surface area contributed by atoms with Crippen molar-refractivity contribution in [2.75, 3.05) is 32.1 Å². The number of likely N-dealkylation sites (tertiary alicyclic amines) is 1. The molecule has 0 bridgehead atoms. The van der Waals surface area contributed by atoms with Gasteiger partial charge in [0, 0.05) is 37.3 Å². The molecule has 1 aliphatic heterocycles. The second kappa shape index (κ2) is 11.6. The molecule has 3 amide bonds. The molecule has 2 aromatic carbocycles. The predicted octanol–water partition coefficient (Wildman–Crippen LogP) is 3.54. The Bertz CT molecular complexity index is 950. The molecule has 3 rings (SSSR count). The summed E-state index contributed by atoms with van der Waals surface area (Å²) in [5.41, 5.74) is 1.27. The molecule has 0 aromatic heterocycles. The van der Waals surface area contributed by atoms with Crippen molar-refractivity contribution in [2.24, 2.45) is 0 Å². The van der Waals surface area contributed by atoms with Crippen LogP contribution >= 0.6 is 0 Å². The molecule has 1 fully saturated rings. The van der Waals surface area contributed by atoms with Crippen molar-refractivity contribution in [3.05, 3.63) is 54.1 Å². The average Bonchev–Trinajstić information content (AvgIpc) is 2.83. The Morgan fingerprint density at radius 2 is 1.88 bits per heavy atom. The van der Waals surface area contributed by atoms with Gasteiger partial charge in [0.05, 0.1) is 25.3 Å². The molecule has 0 saturated carbocycles. The highest BCUT2D eigenvalue weighted by Crippen LogP contribution is 2.28. The monoisotopic (exact) mass is 436 g/mol. The number of carbonyl (C=O) groups is 2. The number of nitriles is 1. The summed E-state index contributed by atoms with van der Waals surface area (Å²) in [5.74, 6) is 1.03. The van der Waals surface area contributed by atoms with E-state index in [4.69, 9.17) is 14.7 Å². The third kappa shape index (κ3) is 6.64. The first kappa shape index (κ1) is 22.9. The fourth-order valence-electron chi connectivity index (χ4n) is 3.52. The van der Waals surface area contributed by atoms with Crippen LogP contribution in [0.15, 0.2) is 48.5 Å². The van der Waals surface area contributed by atoms with Gasteiger partial charge in [-0.25, -0.2) is 4.79 Å². The molecular weight excluding hydrogens is 408 g/mol. The van der Waals surface area contributed by atoms with Crippen LogP contribution in [0.25, 0.3) is 0 Å². The zero-order chi connectivity index (χ0) is 22.8. The zero-order valence-electron chi connectivity index (χ0n) is 18.2. The average molecular weight is 437 g/mol. The minimum absolute atomic E-state index is 0.0208. The van der Waals surface area contributed by atoms with Crippen molar-refractivity contribution in [3.8, 4) is 17.6 Å². The number of para-hydroxylation sites is 1. The Kier molecular flexibility index (Phi) is 8.32. The van der Waals surface area contributed by atoms with Crippen LogP contribution in [0.1, 0.15) is 31.2 Å². The maximum absolute atomic E-state index is 12.4. The van der Waals surface area contributed by atoms with E-state index in [1.807, 2.05) is 30.3 Å². The molecule has 0 unspecified atom stereocenters. The molecule has 0 spiro atoms. The molecule has 168 valence electrons. The molecular formula is C24H28N4O4. The summed E-state index contributed by atoms with van der Waals surface area (Å²) in [5, 5.41) is 14.9. The van der Waals surface area contributed by atoms with E-state index in [9.17, 15) is 9.59 Å². The summed E-state index contributed by atoms with van der Waals surface area (Å²) >= 11 is 0. The van der Waals surface area contributed by atoms with E-state index in [-0.39, 0.29) is 18.0 Å². The van der Waals surface area contributed by atoms with Crippen molar-refractivity contribution in [2.45, 2.75) is 31.7 Å². The van der Waals surface area contributed by atoms with E-state index >= 15 is 0 Å². The lowest BCUT2D eigenvalue weighted by Crippen LogP contribution is -2.47. The topological polar surface area (TPSA) is 104 Å². The van der Waals surface area contributed by atoms with Crippen LogP contribution in [-0.4, -0.2) is 49.7 Å². The number of methoxy groups -OCH3 is 1. The molecule has 2 N–H and O–H groups in total. The number of nitrogens with zero attached hydrogens (tertiary/aromatic N) is 2. The first-order chi connectivity index (χ1) is 15.6. The van der Waals surface area contributed by atoms with Crippen LogP contribution < -0.4 is 20.1 Å².